The molecule has 1 aliphatic carbocycles. The van der Waals surface area contributed by atoms with E-state index in [9.17, 15) is 0 Å². The highest BCUT2D eigenvalue weighted by molar-refractivity contribution is 7.99. The van der Waals surface area contributed by atoms with Gasteiger partial charge >= 0.3 is 0 Å². The monoisotopic (exact) mass is 280 g/mol. The van der Waals surface area contributed by atoms with Gasteiger partial charge in [-0.05, 0) is 32.4 Å². The van der Waals surface area contributed by atoms with Gasteiger partial charge in [-0.15, -0.1) is 0 Å². The number of aryl methyl sites for hydroxylation is 1. The molecule has 19 heavy (non-hydrogen) atoms. The van der Waals surface area contributed by atoms with Gasteiger partial charge in [0.15, 0.2) is 0 Å². The summed E-state index contributed by atoms with van der Waals surface area (Å²) in [6.45, 7) is 4.17. The van der Waals surface area contributed by atoms with Gasteiger partial charge in [-0.3, -0.25) is 0 Å². The number of hydrogen-bond donors (Lipinski definition) is 2. The van der Waals surface area contributed by atoms with Crippen LogP contribution in [-0.2, 0) is 6.42 Å². The molecular weight excluding hydrogens is 256 g/mol. The van der Waals surface area contributed by atoms with Crippen molar-refractivity contribution in [3.05, 3.63) is 11.4 Å². The van der Waals surface area contributed by atoms with Crippen molar-refractivity contribution in [3.63, 3.8) is 0 Å². The maximum atomic E-state index is 4.64. The van der Waals surface area contributed by atoms with E-state index in [0.717, 1.165) is 34.7 Å². The van der Waals surface area contributed by atoms with E-state index in [1.165, 1.54) is 19.3 Å². The van der Waals surface area contributed by atoms with E-state index in [1.807, 2.05) is 18.8 Å². The van der Waals surface area contributed by atoms with Crippen LogP contribution in [0.25, 0.3) is 0 Å². The third-order valence-corrected chi connectivity index (χ3v) is 4.90. The first-order valence-electron chi connectivity index (χ1n) is 7.02. The lowest BCUT2D eigenvalue weighted by atomic mass is 10.2. The minimum Gasteiger partial charge on any atom is -0.373 e. The highest BCUT2D eigenvalue weighted by atomic mass is 32.2. The van der Waals surface area contributed by atoms with Gasteiger partial charge in [0.25, 0.3) is 0 Å². The molecule has 1 aromatic rings. The zero-order valence-corrected chi connectivity index (χ0v) is 13.1. The van der Waals surface area contributed by atoms with E-state index in [0.29, 0.717) is 6.04 Å². The van der Waals surface area contributed by atoms with Crippen molar-refractivity contribution in [2.24, 2.45) is 0 Å². The van der Waals surface area contributed by atoms with Crippen molar-refractivity contribution in [1.82, 2.24) is 9.97 Å². The smallest absolute Gasteiger partial charge is 0.134 e. The van der Waals surface area contributed by atoms with Gasteiger partial charge in [0.1, 0.15) is 17.5 Å². The highest BCUT2D eigenvalue weighted by Crippen LogP contribution is 2.31. The van der Waals surface area contributed by atoms with Crippen molar-refractivity contribution in [1.29, 1.82) is 0 Å². The molecule has 0 aliphatic heterocycles. The molecule has 1 aromatic heterocycles. The molecule has 5 heteroatoms. The fourth-order valence-electron chi connectivity index (χ4n) is 2.58. The zero-order valence-electron chi connectivity index (χ0n) is 12.3. The van der Waals surface area contributed by atoms with Crippen molar-refractivity contribution in [2.75, 3.05) is 23.9 Å². The molecule has 1 heterocycles. The summed E-state index contributed by atoms with van der Waals surface area (Å²) in [7, 11) is 1.91. The van der Waals surface area contributed by atoms with Crippen molar-refractivity contribution in [2.45, 2.75) is 50.8 Å². The topological polar surface area (TPSA) is 49.8 Å². The fourth-order valence-corrected chi connectivity index (χ4v) is 3.38. The summed E-state index contributed by atoms with van der Waals surface area (Å²) < 4.78 is 0. The lowest BCUT2D eigenvalue weighted by molar-refractivity contribution is 0.747. The predicted molar refractivity (Wildman–Crippen MR) is 84.3 cm³/mol. The first-order chi connectivity index (χ1) is 9.17. The Labute approximate surface area is 120 Å². The number of nitrogens with zero attached hydrogens (tertiary/aromatic N) is 2. The molecule has 2 N–H and O–H groups in total. The van der Waals surface area contributed by atoms with Crippen LogP contribution < -0.4 is 10.6 Å². The Morgan fingerprint density at radius 3 is 2.58 bits per heavy atom. The van der Waals surface area contributed by atoms with Crippen LogP contribution in [0.15, 0.2) is 0 Å². The Bertz CT molecular complexity index is 436. The van der Waals surface area contributed by atoms with Crippen LogP contribution in [0.4, 0.5) is 11.6 Å². The van der Waals surface area contributed by atoms with Gasteiger partial charge in [-0.1, -0.05) is 6.92 Å². The second-order valence-electron chi connectivity index (χ2n) is 5.08. The van der Waals surface area contributed by atoms with E-state index in [2.05, 4.69) is 40.7 Å². The van der Waals surface area contributed by atoms with Gasteiger partial charge < -0.3 is 10.6 Å². The van der Waals surface area contributed by atoms with E-state index < -0.39 is 0 Å². The Kier molecular flexibility index (Phi) is 4.91. The number of rotatable bonds is 5. The van der Waals surface area contributed by atoms with Gasteiger partial charge in [0, 0.05) is 30.3 Å². The maximum absolute atomic E-state index is 4.64. The average molecular weight is 280 g/mol. The lowest BCUT2D eigenvalue weighted by Crippen LogP contribution is -2.19. The van der Waals surface area contributed by atoms with Crippen LogP contribution in [0.3, 0.4) is 0 Å². The maximum Gasteiger partial charge on any atom is 0.134 e. The molecule has 0 bridgehead atoms. The minimum absolute atomic E-state index is 0.556. The summed E-state index contributed by atoms with van der Waals surface area (Å²) in [5, 5.41) is 7.58. The van der Waals surface area contributed by atoms with Gasteiger partial charge in [-0.2, -0.15) is 11.8 Å². The van der Waals surface area contributed by atoms with Crippen molar-refractivity contribution < 1.29 is 0 Å². The number of thioether (sulfide) groups is 1. The summed E-state index contributed by atoms with van der Waals surface area (Å²) in [6.07, 6.45) is 6.85. The quantitative estimate of drug-likeness (QED) is 0.868. The third-order valence-electron chi connectivity index (χ3n) is 3.80. The summed E-state index contributed by atoms with van der Waals surface area (Å²) in [4.78, 5) is 9.15. The molecular formula is C14H24N4S. The first-order valence-corrected chi connectivity index (χ1v) is 8.31. The van der Waals surface area contributed by atoms with E-state index >= 15 is 0 Å². The van der Waals surface area contributed by atoms with Crippen LogP contribution in [-0.4, -0.2) is 34.6 Å². The van der Waals surface area contributed by atoms with E-state index in [-0.39, 0.29) is 0 Å². The summed E-state index contributed by atoms with van der Waals surface area (Å²) in [5.41, 5.74) is 1.12. The molecule has 0 aromatic carbocycles. The van der Waals surface area contributed by atoms with Crippen LogP contribution >= 0.6 is 11.8 Å². The molecule has 0 amide bonds. The van der Waals surface area contributed by atoms with Crippen LogP contribution in [0.1, 0.15) is 37.6 Å². The summed E-state index contributed by atoms with van der Waals surface area (Å²) >= 11 is 1.98. The Balaban J connectivity index is 2.15. The summed E-state index contributed by atoms with van der Waals surface area (Å²) in [6, 6.07) is 0.556. The van der Waals surface area contributed by atoms with Crippen LogP contribution in [0, 0.1) is 6.92 Å². The average Bonchev–Trinajstić information content (AvgIpc) is 2.88. The molecule has 1 fully saturated rings. The second-order valence-corrected chi connectivity index (χ2v) is 6.22. The van der Waals surface area contributed by atoms with Crippen molar-refractivity contribution in [3.8, 4) is 0 Å². The highest BCUT2D eigenvalue weighted by Gasteiger charge is 2.24. The first kappa shape index (κ1) is 14.4. The van der Waals surface area contributed by atoms with Gasteiger partial charge in [0.2, 0.25) is 0 Å². The lowest BCUT2D eigenvalue weighted by Gasteiger charge is -2.17. The minimum atomic E-state index is 0.556. The standard InChI is InChI=1S/C14H24N4S/c1-5-12-17-13(15-3)9(2)14(18-12)16-10-6-7-11(8-10)19-4/h10-11H,5-8H2,1-4H3,(H2,15,16,17,18). The van der Waals surface area contributed by atoms with Gasteiger partial charge in [-0.25, -0.2) is 9.97 Å². The van der Waals surface area contributed by atoms with Crippen LogP contribution in [0.2, 0.25) is 0 Å². The van der Waals surface area contributed by atoms with Crippen molar-refractivity contribution >= 4 is 23.4 Å². The molecule has 106 valence electrons. The van der Waals surface area contributed by atoms with Gasteiger partial charge in [0.05, 0.1) is 0 Å². The van der Waals surface area contributed by atoms with E-state index in [4.69, 9.17) is 0 Å². The van der Waals surface area contributed by atoms with E-state index in [1.54, 1.807) is 0 Å². The number of aromatic nitrogens is 2. The molecule has 4 nitrogen and oxygen atoms in total. The molecule has 2 rings (SSSR count). The van der Waals surface area contributed by atoms with Crippen LogP contribution in [0.5, 0.6) is 0 Å². The Morgan fingerprint density at radius 2 is 2.00 bits per heavy atom. The largest absolute Gasteiger partial charge is 0.373 e. The molecule has 2 unspecified atom stereocenters. The molecule has 0 saturated heterocycles. The normalized spacial score (nSPS) is 22.5. The summed E-state index contributed by atoms with van der Waals surface area (Å²) in [5.74, 6) is 2.84. The Morgan fingerprint density at radius 1 is 1.26 bits per heavy atom. The number of hydrogen-bond acceptors (Lipinski definition) is 5. The molecule has 1 aliphatic rings. The molecule has 1 saturated carbocycles. The SMILES string of the molecule is CCc1nc(NC)c(C)c(NC2CCC(SC)C2)n1. The zero-order chi connectivity index (χ0) is 13.8. The fraction of sp³-hybridized carbons (Fsp3) is 0.714. The molecule has 2 atom stereocenters. The second kappa shape index (κ2) is 6.46. The number of anilines is 2. The molecule has 0 spiro atoms. The third kappa shape index (κ3) is 3.32. The Hall–Kier alpha value is -0.970. The molecule has 0 radical (unpaired) electrons. The number of nitrogens with one attached hydrogen (secondary N) is 2. The predicted octanol–water partition coefficient (Wildman–Crippen LogP) is 3.09.